The van der Waals surface area contributed by atoms with E-state index in [4.69, 9.17) is 15.2 Å². The Morgan fingerprint density at radius 1 is 1.14 bits per heavy atom. The van der Waals surface area contributed by atoms with Crippen LogP contribution in [-0.4, -0.2) is 40.0 Å². The van der Waals surface area contributed by atoms with Gasteiger partial charge in [-0.15, -0.1) is 0 Å². The molecular formula is C21H21N5O3. The average molecular weight is 391 g/mol. The molecule has 1 aromatic carbocycles. The van der Waals surface area contributed by atoms with Crippen LogP contribution in [0, 0.1) is 0 Å². The van der Waals surface area contributed by atoms with Crippen LogP contribution in [0.15, 0.2) is 42.7 Å². The Bertz CT molecular complexity index is 1070. The van der Waals surface area contributed by atoms with Crippen molar-refractivity contribution in [2.24, 2.45) is 0 Å². The highest BCUT2D eigenvalue weighted by atomic mass is 16.5. The largest absolute Gasteiger partial charge is 0.497 e. The van der Waals surface area contributed by atoms with Gasteiger partial charge in [-0.1, -0.05) is 0 Å². The van der Waals surface area contributed by atoms with E-state index in [1.807, 2.05) is 19.1 Å². The molecule has 3 heterocycles. The highest BCUT2D eigenvalue weighted by molar-refractivity contribution is 5.98. The number of nitrogens with zero attached hydrogens (tertiary/aromatic N) is 4. The summed E-state index contributed by atoms with van der Waals surface area (Å²) >= 11 is 0. The topological polar surface area (TPSA) is 103 Å². The van der Waals surface area contributed by atoms with E-state index in [1.54, 1.807) is 42.6 Å². The van der Waals surface area contributed by atoms with Crippen molar-refractivity contribution in [1.29, 1.82) is 0 Å². The molecule has 1 amide bonds. The third-order valence-electron chi connectivity index (χ3n) is 5.10. The molecule has 8 nitrogen and oxygen atoms in total. The van der Waals surface area contributed by atoms with Gasteiger partial charge >= 0.3 is 0 Å². The second-order valence-electron chi connectivity index (χ2n) is 6.71. The van der Waals surface area contributed by atoms with E-state index >= 15 is 0 Å². The van der Waals surface area contributed by atoms with Crippen molar-refractivity contribution in [2.45, 2.75) is 19.5 Å². The fourth-order valence-electron chi connectivity index (χ4n) is 3.61. The zero-order valence-electron chi connectivity index (χ0n) is 16.4. The number of fused-ring (bicyclic) bond motifs is 1. The number of hydrogen-bond acceptors (Lipinski definition) is 7. The van der Waals surface area contributed by atoms with Gasteiger partial charge in [0.2, 0.25) is 5.95 Å². The molecular weight excluding hydrogens is 370 g/mol. The molecule has 0 radical (unpaired) electrons. The number of methoxy groups -OCH3 is 2. The molecule has 0 saturated carbocycles. The SMILES string of the molecule is COc1ccc(OC)c(C(=O)N2Cc3c(-c4ccncc4)nc(N)nc3C2C)c1. The number of pyridine rings is 1. The maximum Gasteiger partial charge on any atom is 0.258 e. The van der Waals surface area contributed by atoms with Gasteiger partial charge in [-0.2, -0.15) is 0 Å². The number of carbonyl (C=O) groups is 1. The predicted molar refractivity (Wildman–Crippen MR) is 108 cm³/mol. The van der Waals surface area contributed by atoms with Crippen LogP contribution < -0.4 is 15.2 Å². The maximum atomic E-state index is 13.4. The van der Waals surface area contributed by atoms with E-state index in [-0.39, 0.29) is 17.9 Å². The van der Waals surface area contributed by atoms with Crippen molar-refractivity contribution in [3.8, 4) is 22.8 Å². The van der Waals surface area contributed by atoms with Crippen LogP contribution in [0.1, 0.15) is 34.6 Å². The lowest BCUT2D eigenvalue weighted by atomic mass is 10.1. The van der Waals surface area contributed by atoms with Crippen LogP contribution >= 0.6 is 0 Å². The molecule has 148 valence electrons. The Kier molecular flexibility index (Phi) is 4.75. The van der Waals surface area contributed by atoms with Gasteiger partial charge in [-0.05, 0) is 37.3 Å². The van der Waals surface area contributed by atoms with Gasteiger partial charge in [0.15, 0.2) is 0 Å². The quantitative estimate of drug-likeness (QED) is 0.729. The number of anilines is 1. The van der Waals surface area contributed by atoms with Crippen LogP contribution in [0.3, 0.4) is 0 Å². The minimum atomic E-state index is -0.265. The van der Waals surface area contributed by atoms with E-state index < -0.39 is 0 Å². The molecule has 2 aromatic heterocycles. The maximum absolute atomic E-state index is 13.4. The van der Waals surface area contributed by atoms with Gasteiger partial charge in [0.25, 0.3) is 5.91 Å². The molecule has 29 heavy (non-hydrogen) atoms. The first-order chi connectivity index (χ1) is 14.0. The summed E-state index contributed by atoms with van der Waals surface area (Å²) in [5, 5.41) is 0. The number of benzene rings is 1. The molecule has 4 rings (SSSR count). The average Bonchev–Trinajstić information content (AvgIpc) is 3.09. The Hall–Kier alpha value is -3.68. The van der Waals surface area contributed by atoms with Gasteiger partial charge in [0.1, 0.15) is 11.5 Å². The third-order valence-corrected chi connectivity index (χ3v) is 5.10. The number of rotatable bonds is 4. The van der Waals surface area contributed by atoms with Crippen molar-refractivity contribution in [1.82, 2.24) is 19.9 Å². The Labute approximate surface area is 168 Å². The van der Waals surface area contributed by atoms with Gasteiger partial charge in [0.05, 0.1) is 43.8 Å². The highest BCUT2D eigenvalue weighted by Crippen LogP contribution is 2.39. The molecule has 0 fully saturated rings. The summed E-state index contributed by atoms with van der Waals surface area (Å²) < 4.78 is 10.7. The second-order valence-corrected chi connectivity index (χ2v) is 6.71. The lowest BCUT2D eigenvalue weighted by Gasteiger charge is -2.22. The van der Waals surface area contributed by atoms with Crippen LogP contribution in [0.4, 0.5) is 5.95 Å². The minimum Gasteiger partial charge on any atom is -0.497 e. The van der Waals surface area contributed by atoms with E-state index in [2.05, 4.69) is 15.0 Å². The van der Waals surface area contributed by atoms with Crippen molar-refractivity contribution in [3.63, 3.8) is 0 Å². The standard InChI is InChI=1S/C21H21N5O3/c1-12-18-16(19(25-21(22)24-18)13-6-8-23-9-7-13)11-26(12)20(27)15-10-14(28-2)4-5-17(15)29-3/h4-10,12H,11H2,1-3H3,(H2,22,24,25). The second kappa shape index (κ2) is 7.38. The van der Waals surface area contributed by atoms with Crippen molar-refractivity contribution >= 4 is 11.9 Å². The van der Waals surface area contributed by atoms with E-state index in [0.29, 0.717) is 23.6 Å². The molecule has 2 N–H and O–H groups in total. The Morgan fingerprint density at radius 3 is 2.59 bits per heavy atom. The molecule has 3 aromatic rings. The summed E-state index contributed by atoms with van der Waals surface area (Å²) in [7, 11) is 3.10. The number of nitrogens with two attached hydrogens (primary N) is 1. The van der Waals surface area contributed by atoms with Gasteiger partial charge in [0, 0.05) is 23.5 Å². The number of carbonyl (C=O) groups excluding carboxylic acids is 1. The summed E-state index contributed by atoms with van der Waals surface area (Å²) in [4.78, 5) is 28.1. The molecule has 8 heteroatoms. The van der Waals surface area contributed by atoms with Crippen LogP contribution in [0.5, 0.6) is 11.5 Å². The number of amides is 1. The Morgan fingerprint density at radius 2 is 1.90 bits per heavy atom. The van der Waals surface area contributed by atoms with E-state index in [9.17, 15) is 4.79 Å². The lowest BCUT2D eigenvalue weighted by Crippen LogP contribution is -2.28. The fraction of sp³-hybridized carbons (Fsp3) is 0.238. The van der Waals surface area contributed by atoms with Gasteiger partial charge in [-0.25, -0.2) is 9.97 Å². The van der Waals surface area contributed by atoms with E-state index in [1.165, 1.54) is 7.11 Å². The van der Waals surface area contributed by atoms with Crippen molar-refractivity contribution < 1.29 is 14.3 Å². The summed E-state index contributed by atoms with van der Waals surface area (Å²) in [5.74, 6) is 1.07. The van der Waals surface area contributed by atoms with Crippen LogP contribution in [0.2, 0.25) is 0 Å². The monoisotopic (exact) mass is 391 g/mol. The first-order valence-electron chi connectivity index (χ1n) is 9.13. The molecule has 1 aliphatic heterocycles. The normalized spacial score (nSPS) is 15.1. The molecule has 0 saturated heterocycles. The molecule has 1 atom stereocenters. The zero-order chi connectivity index (χ0) is 20.5. The molecule has 1 unspecified atom stereocenters. The molecule has 0 bridgehead atoms. The Balaban J connectivity index is 1.76. The first-order valence-corrected chi connectivity index (χ1v) is 9.13. The predicted octanol–water partition coefficient (Wildman–Crippen LogP) is 2.86. The third kappa shape index (κ3) is 3.22. The summed E-state index contributed by atoms with van der Waals surface area (Å²) in [6.45, 7) is 2.30. The first kappa shape index (κ1) is 18.7. The number of nitrogen functional groups attached to an aromatic ring is 1. The molecule has 1 aliphatic rings. The lowest BCUT2D eigenvalue weighted by molar-refractivity contribution is 0.0699. The summed E-state index contributed by atoms with van der Waals surface area (Å²) in [6, 6.07) is 8.62. The van der Waals surface area contributed by atoms with Crippen LogP contribution in [0.25, 0.3) is 11.3 Å². The van der Waals surface area contributed by atoms with Crippen molar-refractivity contribution in [3.05, 3.63) is 59.5 Å². The van der Waals surface area contributed by atoms with E-state index in [0.717, 1.165) is 22.5 Å². The van der Waals surface area contributed by atoms with Gasteiger partial charge < -0.3 is 20.1 Å². The molecule has 0 aliphatic carbocycles. The molecule has 0 spiro atoms. The number of ether oxygens (including phenoxy) is 2. The zero-order valence-corrected chi connectivity index (χ0v) is 16.4. The van der Waals surface area contributed by atoms with Crippen molar-refractivity contribution in [2.75, 3.05) is 20.0 Å². The van der Waals surface area contributed by atoms with Gasteiger partial charge in [-0.3, -0.25) is 9.78 Å². The number of aromatic nitrogens is 3. The smallest absolute Gasteiger partial charge is 0.258 e. The summed E-state index contributed by atoms with van der Waals surface area (Å²) in [6.07, 6.45) is 3.39. The summed E-state index contributed by atoms with van der Waals surface area (Å²) in [5.41, 5.74) is 9.63. The van der Waals surface area contributed by atoms with Crippen LogP contribution in [-0.2, 0) is 6.54 Å². The minimum absolute atomic E-state index is 0.175. The highest BCUT2D eigenvalue weighted by Gasteiger charge is 2.36. The number of hydrogen-bond donors (Lipinski definition) is 1. The fourth-order valence-corrected chi connectivity index (χ4v) is 3.61.